The number of benzene rings is 1. The Kier molecular flexibility index (Phi) is 10.1. The van der Waals surface area contributed by atoms with Crippen LogP contribution < -0.4 is 10.6 Å². The largest absolute Gasteiger partial charge is 0.466 e. The molecule has 1 aromatic heterocycles. The number of carbonyl (C=O) groups is 3. The van der Waals surface area contributed by atoms with Crippen molar-refractivity contribution in [2.75, 3.05) is 47.0 Å². The second kappa shape index (κ2) is 14.0. The number of imide groups is 1. The monoisotopic (exact) mass is 586 g/mol. The van der Waals surface area contributed by atoms with Gasteiger partial charge in [0.25, 0.3) is 0 Å². The molecule has 2 aliphatic heterocycles. The summed E-state index contributed by atoms with van der Waals surface area (Å²) < 4.78 is 38.0. The van der Waals surface area contributed by atoms with Crippen LogP contribution in [0.3, 0.4) is 0 Å². The molecule has 1 unspecified atom stereocenters. The SMILES string of the molecule is COCC1=C(C(=O)OC)C(c2ccc(F)c(F)c2)N(C(=O)NC/C(CN2CCC(c3ccccn3)CC2)=N/O)C(=O)N1. The molecule has 4 rings (SSSR count). The molecule has 1 aromatic carbocycles. The quantitative estimate of drug-likeness (QED) is 0.176. The highest BCUT2D eigenvalue weighted by atomic mass is 19.2. The minimum atomic E-state index is -1.48. The Labute approximate surface area is 241 Å². The summed E-state index contributed by atoms with van der Waals surface area (Å²) in [5, 5.41) is 17.9. The second-order valence-corrected chi connectivity index (χ2v) is 9.82. The molecule has 0 spiro atoms. The van der Waals surface area contributed by atoms with Gasteiger partial charge in [-0.25, -0.2) is 28.1 Å². The molecule has 12 nitrogen and oxygen atoms in total. The van der Waals surface area contributed by atoms with Gasteiger partial charge in [0, 0.05) is 31.5 Å². The number of carbonyl (C=O) groups excluding carboxylic acids is 3. The van der Waals surface area contributed by atoms with E-state index in [0.717, 1.165) is 56.9 Å². The molecule has 0 bridgehead atoms. The molecule has 3 N–H and O–H groups in total. The van der Waals surface area contributed by atoms with Gasteiger partial charge in [-0.1, -0.05) is 17.3 Å². The Bertz CT molecular complexity index is 1360. The minimum Gasteiger partial charge on any atom is -0.466 e. The number of methoxy groups -OCH3 is 2. The minimum absolute atomic E-state index is 0.000140. The summed E-state index contributed by atoms with van der Waals surface area (Å²) in [6, 6.07) is 5.20. The highest BCUT2D eigenvalue weighted by Crippen LogP contribution is 2.35. The van der Waals surface area contributed by atoms with Crippen molar-refractivity contribution in [3.05, 3.63) is 76.8 Å². The van der Waals surface area contributed by atoms with Crippen LogP contribution in [0.1, 0.15) is 36.1 Å². The fraction of sp³-hybridized carbons (Fsp3) is 0.393. The Morgan fingerprint density at radius 3 is 2.55 bits per heavy atom. The van der Waals surface area contributed by atoms with Crippen LogP contribution in [0.2, 0.25) is 0 Å². The molecule has 0 aliphatic carbocycles. The number of likely N-dealkylation sites (tertiary alicyclic amines) is 1. The number of ether oxygens (including phenoxy) is 2. The third kappa shape index (κ3) is 6.89. The van der Waals surface area contributed by atoms with Gasteiger partial charge in [-0.2, -0.15) is 0 Å². The first-order chi connectivity index (χ1) is 20.3. The number of aromatic nitrogens is 1. The molecule has 1 saturated heterocycles. The average molecular weight is 587 g/mol. The molecule has 2 aromatic rings. The number of nitrogens with zero attached hydrogens (tertiary/aromatic N) is 4. The van der Waals surface area contributed by atoms with Crippen molar-refractivity contribution in [2.24, 2.45) is 5.16 Å². The van der Waals surface area contributed by atoms with Crippen LogP contribution in [0.15, 0.2) is 59.0 Å². The van der Waals surface area contributed by atoms with Crippen molar-refractivity contribution in [1.29, 1.82) is 0 Å². The maximum Gasteiger partial charge on any atom is 0.338 e. The molecule has 0 saturated carbocycles. The molecular formula is C28H32F2N6O6. The average Bonchev–Trinajstić information content (AvgIpc) is 3.00. The Morgan fingerprint density at radius 1 is 1.17 bits per heavy atom. The van der Waals surface area contributed by atoms with Gasteiger partial charge in [0.15, 0.2) is 11.6 Å². The van der Waals surface area contributed by atoms with E-state index in [1.54, 1.807) is 6.20 Å². The van der Waals surface area contributed by atoms with Gasteiger partial charge in [0.05, 0.1) is 37.2 Å². The second-order valence-electron chi connectivity index (χ2n) is 9.82. The van der Waals surface area contributed by atoms with Crippen LogP contribution in [-0.4, -0.2) is 90.7 Å². The zero-order valence-corrected chi connectivity index (χ0v) is 23.2. The topological polar surface area (TPSA) is 146 Å². The predicted octanol–water partition coefficient (Wildman–Crippen LogP) is 2.92. The van der Waals surface area contributed by atoms with Gasteiger partial charge in [0.1, 0.15) is 6.04 Å². The summed E-state index contributed by atoms with van der Waals surface area (Å²) in [7, 11) is 2.43. The molecule has 4 amide bonds. The maximum atomic E-state index is 14.3. The van der Waals surface area contributed by atoms with Crippen molar-refractivity contribution in [1.82, 2.24) is 25.4 Å². The number of pyridine rings is 1. The third-order valence-corrected chi connectivity index (χ3v) is 7.19. The number of nitrogens with one attached hydrogen (secondary N) is 2. The molecule has 1 fully saturated rings. The van der Waals surface area contributed by atoms with Crippen molar-refractivity contribution in [3.63, 3.8) is 0 Å². The Hall–Kier alpha value is -4.43. The highest BCUT2D eigenvalue weighted by molar-refractivity contribution is 6.02. The zero-order valence-electron chi connectivity index (χ0n) is 23.2. The molecular weight excluding hydrogens is 554 g/mol. The van der Waals surface area contributed by atoms with Gasteiger partial charge in [0.2, 0.25) is 0 Å². The number of piperidine rings is 1. The fourth-order valence-corrected chi connectivity index (χ4v) is 5.13. The van der Waals surface area contributed by atoms with Crippen LogP contribution in [0.25, 0.3) is 0 Å². The smallest absolute Gasteiger partial charge is 0.338 e. The van der Waals surface area contributed by atoms with E-state index in [4.69, 9.17) is 9.47 Å². The summed E-state index contributed by atoms with van der Waals surface area (Å²) in [6.07, 6.45) is 3.49. The molecule has 224 valence electrons. The van der Waals surface area contributed by atoms with Gasteiger partial charge in [-0.3, -0.25) is 9.88 Å². The van der Waals surface area contributed by atoms with Crippen molar-refractivity contribution < 1.29 is 37.8 Å². The summed E-state index contributed by atoms with van der Waals surface area (Å²) >= 11 is 0. The highest BCUT2D eigenvalue weighted by Gasteiger charge is 2.43. The standard InChI is InChI=1S/C28H32F2N6O6/c1-41-16-23-24(26(37)42-2)25(18-6-7-20(29)21(30)13-18)36(28(39)33-23)27(38)32-14-19(34-40)15-35-11-8-17(9-12-35)22-5-3-4-10-31-22/h3-7,10,13,17,25,40H,8-9,11-12,14-16H2,1-2H3,(H,32,38)(H,33,39)/b34-19-. The van der Waals surface area contributed by atoms with Gasteiger partial charge in [-0.15, -0.1) is 0 Å². The lowest BCUT2D eigenvalue weighted by atomic mass is 9.93. The summed E-state index contributed by atoms with van der Waals surface area (Å²) in [4.78, 5) is 46.5. The first-order valence-corrected chi connectivity index (χ1v) is 13.2. The molecule has 2 aliphatic rings. The lowest BCUT2D eigenvalue weighted by Gasteiger charge is -2.36. The van der Waals surface area contributed by atoms with E-state index in [2.05, 4.69) is 25.7 Å². The normalized spacial score (nSPS) is 18.6. The van der Waals surface area contributed by atoms with Crippen LogP contribution in [0.5, 0.6) is 0 Å². The number of amides is 4. The van der Waals surface area contributed by atoms with Crippen LogP contribution in [0.4, 0.5) is 18.4 Å². The van der Waals surface area contributed by atoms with Crippen molar-refractivity contribution >= 4 is 23.7 Å². The number of urea groups is 2. The number of hydrogen-bond donors (Lipinski definition) is 3. The van der Waals surface area contributed by atoms with E-state index < -0.39 is 35.7 Å². The summed E-state index contributed by atoms with van der Waals surface area (Å²) in [5.41, 5.74) is 1.00. The van der Waals surface area contributed by atoms with E-state index in [-0.39, 0.29) is 42.2 Å². The Balaban J connectivity index is 1.49. The summed E-state index contributed by atoms with van der Waals surface area (Å²) in [6.45, 7) is 1.24. The lowest BCUT2D eigenvalue weighted by molar-refractivity contribution is -0.137. The van der Waals surface area contributed by atoms with Crippen LogP contribution >= 0.6 is 0 Å². The number of oxime groups is 1. The van der Waals surface area contributed by atoms with Crippen molar-refractivity contribution in [2.45, 2.75) is 24.8 Å². The number of hydrogen-bond acceptors (Lipinski definition) is 9. The molecule has 42 heavy (non-hydrogen) atoms. The van der Waals surface area contributed by atoms with E-state index in [9.17, 15) is 28.4 Å². The van der Waals surface area contributed by atoms with E-state index >= 15 is 0 Å². The number of esters is 1. The van der Waals surface area contributed by atoms with E-state index in [1.165, 1.54) is 7.11 Å². The fourth-order valence-electron chi connectivity index (χ4n) is 5.13. The first-order valence-electron chi connectivity index (χ1n) is 13.2. The third-order valence-electron chi connectivity index (χ3n) is 7.19. The lowest BCUT2D eigenvalue weighted by Crippen LogP contribution is -2.56. The Morgan fingerprint density at radius 2 is 1.93 bits per heavy atom. The van der Waals surface area contributed by atoms with Crippen LogP contribution in [0, 0.1) is 11.6 Å². The molecule has 3 heterocycles. The van der Waals surface area contributed by atoms with Crippen molar-refractivity contribution in [3.8, 4) is 0 Å². The predicted molar refractivity (Wildman–Crippen MR) is 146 cm³/mol. The molecule has 1 atom stereocenters. The number of rotatable bonds is 9. The van der Waals surface area contributed by atoms with Crippen LogP contribution in [-0.2, 0) is 14.3 Å². The van der Waals surface area contributed by atoms with Gasteiger partial charge < -0.3 is 25.3 Å². The van der Waals surface area contributed by atoms with E-state index in [0.29, 0.717) is 10.8 Å². The molecule has 14 heteroatoms. The first kappa shape index (κ1) is 30.5. The van der Waals surface area contributed by atoms with Gasteiger partial charge >= 0.3 is 18.0 Å². The summed E-state index contributed by atoms with van der Waals surface area (Å²) in [5.74, 6) is -2.98. The van der Waals surface area contributed by atoms with E-state index in [1.807, 2.05) is 18.2 Å². The maximum absolute atomic E-state index is 14.3. The number of halogens is 2. The molecule has 0 radical (unpaired) electrons. The van der Waals surface area contributed by atoms with Gasteiger partial charge in [-0.05, 0) is 55.8 Å². The zero-order chi connectivity index (χ0) is 30.2.